The number of likely N-dealkylation sites (tertiary alicyclic amines) is 1. The lowest BCUT2D eigenvalue weighted by atomic mass is 9.66. The van der Waals surface area contributed by atoms with Gasteiger partial charge in [0.05, 0.1) is 12.6 Å². The van der Waals surface area contributed by atoms with E-state index in [0.717, 1.165) is 34.1 Å². The van der Waals surface area contributed by atoms with Crippen LogP contribution in [0.5, 0.6) is 0 Å². The van der Waals surface area contributed by atoms with Crippen LogP contribution in [-0.2, 0) is 16.0 Å². The molecule has 1 aliphatic heterocycles. The summed E-state index contributed by atoms with van der Waals surface area (Å²) in [6, 6.07) is 5.38. The van der Waals surface area contributed by atoms with Crippen LogP contribution in [0.25, 0.3) is 10.9 Å². The highest BCUT2D eigenvalue weighted by atomic mass is 19.1. The van der Waals surface area contributed by atoms with Crippen LogP contribution < -0.4 is 10.6 Å². The molecule has 38 heavy (non-hydrogen) atoms. The average molecular weight is 522 g/mol. The standard InChI is InChI=1S/C28H32FN5O4/c29-19-9-21(11-30)34(13-19)27(36)24(33-28(37)38)8-18-12-31-23-4-3-20(10-22(18)23)32-26(35)25-15-2-1-14-5-17(25)7-16(14)6-15/h3-4,10,12,14-17,19,21,24-25,31,33H,1-2,5-9,13H2,(H,32,35)(H,37,38). The van der Waals surface area contributed by atoms with Gasteiger partial charge in [-0.15, -0.1) is 0 Å². The van der Waals surface area contributed by atoms with Gasteiger partial charge < -0.3 is 25.6 Å². The third-order valence-corrected chi connectivity index (χ3v) is 9.45. The van der Waals surface area contributed by atoms with Crippen LogP contribution in [0.15, 0.2) is 24.4 Å². The Balaban J connectivity index is 1.21. The Morgan fingerprint density at radius 2 is 1.89 bits per heavy atom. The number of H-pyrrole nitrogens is 1. The molecule has 3 aliphatic carbocycles. The summed E-state index contributed by atoms with van der Waals surface area (Å²) in [5.41, 5.74) is 2.13. The maximum absolute atomic E-state index is 13.9. The molecule has 8 unspecified atom stereocenters. The number of halogens is 1. The van der Waals surface area contributed by atoms with E-state index in [1.54, 1.807) is 6.20 Å². The zero-order chi connectivity index (χ0) is 26.6. The quantitative estimate of drug-likeness (QED) is 0.458. The fourth-order valence-corrected chi connectivity index (χ4v) is 7.84. The van der Waals surface area contributed by atoms with Gasteiger partial charge in [0, 0.05) is 41.5 Å². The highest BCUT2D eigenvalue weighted by molar-refractivity contribution is 5.96. The van der Waals surface area contributed by atoms with Crippen LogP contribution in [-0.4, -0.2) is 57.7 Å². The van der Waals surface area contributed by atoms with Crippen LogP contribution in [0.2, 0.25) is 0 Å². The monoisotopic (exact) mass is 521 g/mol. The average Bonchev–Trinajstić information content (AvgIpc) is 3.54. The molecule has 200 valence electrons. The number of carbonyl (C=O) groups is 3. The van der Waals surface area contributed by atoms with E-state index in [9.17, 15) is 29.1 Å². The molecular weight excluding hydrogens is 489 g/mol. The van der Waals surface area contributed by atoms with Gasteiger partial charge in [0.2, 0.25) is 11.8 Å². The van der Waals surface area contributed by atoms with E-state index in [2.05, 4.69) is 15.6 Å². The zero-order valence-electron chi connectivity index (χ0n) is 21.0. The second-order valence-electron chi connectivity index (χ2n) is 11.6. The largest absolute Gasteiger partial charge is 0.465 e. The number of hydrogen-bond donors (Lipinski definition) is 4. The van der Waals surface area contributed by atoms with Crippen molar-refractivity contribution in [2.75, 3.05) is 11.9 Å². The topological polar surface area (TPSA) is 138 Å². The number of carbonyl (C=O) groups excluding carboxylic acids is 2. The Labute approximate surface area is 219 Å². The first-order chi connectivity index (χ1) is 18.3. The number of fused-ring (bicyclic) bond motifs is 3. The fourth-order valence-electron chi connectivity index (χ4n) is 7.84. The van der Waals surface area contributed by atoms with E-state index in [4.69, 9.17) is 0 Å². The number of aromatic nitrogens is 1. The van der Waals surface area contributed by atoms with E-state index in [-0.39, 0.29) is 31.2 Å². The van der Waals surface area contributed by atoms with Gasteiger partial charge in [-0.25, -0.2) is 9.18 Å². The number of hydrogen-bond acceptors (Lipinski definition) is 4. The predicted molar refractivity (Wildman–Crippen MR) is 137 cm³/mol. The van der Waals surface area contributed by atoms with Gasteiger partial charge >= 0.3 is 6.09 Å². The molecule has 0 spiro atoms. The van der Waals surface area contributed by atoms with E-state index in [0.29, 0.717) is 23.1 Å². The number of amides is 3. The van der Waals surface area contributed by atoms with Gasteiger partial charge in [0.15, 0.2) is 0 Å². The summed E-state index contributed by atoms with van der Waals surface area (Å²) in [5, 5.41) is 24.9. The lowest BCUT2D eigenvalue weighted by Crippen LogP contribution is -2.50. The second kappa shape index (κ2) is 9.61. The van der Waals surface area contributed by atoms with Crippen molar-refractivity contribution < 1.29 is 23.9 Å². The third-order valence-electron chi connectivity index (χ3n) is 9.45. The molecule has 3 bridgehead atoms. The highest BCUT2D eigenvalue weighted by Gasteiger charge is 2.52. The van der Waals surface area contributed by atoms with Crippen LogP contribution in [0.3, 0.4) is 0 Å². The molecule has 1 aromatic heterocycles. The van der Waals surface area contributed by atoms with Crippen molar-refractivity contribution in [2.45, 2.75) is 63.2 Å². The second-order valence-corrected chi connectivity index (χ2v) is 11.6. The van der Waals surface area contributed by atoms with Gasteiger partial charge in [0.25, 0.3) is 0 Å². The van der Waals surface area contributed by atoms with Crippen molar-refractivity contribution in [1.29, 1.82) is 5.26 Å². The normalized spacial score (nSPS) is 32.2. The Morgan fingerprint density at radius 3 is 2.68 bits per heavy atom. The molecule has 2 aromatic rings. The number of nitrogens with one attached hydrogen (secondary N) is 3. The van der Waals surface area contributed by atoms with Crippen LogP contribution in [0, 0.1) is 40.9 Å². The van der Waals surface area contributed by atoms with Crippen molar-refractivity contribution in [3.63, 3.8) is 0 Å². The molecule has 8 atom stereocenters. The van der Waals surface area contributed by atoms with Gasteiger partial charge in [-0.05, 0) is 79.5 Å². The Morgan fingerprint density at radius 1 is 1.13 bits per heavy atom. The van der Waals surface area contributed by atoms with Crippen molar-refractivity contribution in [3.8, 4) is 6.07 Å². The summed E-state index contributed by atoms with van der Waals surface area (Å²) in [7, 11) is 0. The number of anilines is 1. The molecule has 1 aromatic carbocycles. The lowest BCUT2D eigenvalue weighted by Gasteiger charge is -2.39. The van der Waals surface area contributed by atoms with Crippen molar-refractivity contribution in [2.24, 2.45) is 29.6 Å². The maximum atomic E-state index is 13.9. The van der Waals surface area contributed by atoms with Crippen molar-refractivity contribution in [3.05, 3.63) is 30.0 Å². The smallest absolute Gasteiger partial charge is 0.405 e. The molecule has 9 nitrogen and oxygen atoms in total. The Bertz CT molecular complexity index is 1310. The number of rotatable bonds is 6. The van der Waals surface area contributed by atoms with E-state index in [1.807, 2.05) is 24.3 Å². The van der Waals surface area contributed by atoms with Crippen LogP contribution >= 0.6 is 0 Å². The number of nitriles is 1. The fraction of sp³-hybridized carbons (Fsp3) is 0.571. The summed E-state index contributed by atoms with van der Waals surface area (Å²) >= 11 is 0. The van der Waals surface area contributed by atoms with E-state index in [1.165, 1.54) is 25.7 Å². The summed E-state index contributed by atoms with van der Waals surface area (Å²) in [6.45, 7) is -0.233. The molecular formula is C28H32FN5O4. The number of nitrogens with zero attached hydrogens (tertiary/aromatic N) is 2. The van der Waals surface area contributed by atoms with E-state index < -0.39 is 30.3 Å². The molecule has 4 fully saturated rings. The number of benzene rings is 1. The van der Waals surface area contributed by atoms with Crippen LogP contribution in [0.1, 0.15) is 44.1 Å². The Hall–Kier alpha value is -3.61. The molecule has 10 heteroatoms. The molecule has 2 heterocycles. The molecule has 4 aliphatic rings. The first kappa shape index (κ1) is 24.7. The number of aromatic amines is 1. The van der Waals surface area contributed by atoms with Gasteiger partial charge in [0.1, 0.15) is 18.3 Å². The highest BCUT2D eigenvalue weighted by Crippen LogP contribution is 2.57. The third kappa shape index (κ3) is 4.38. The van der Waals surface area contributed by atoms with Crippen molar-refractivity contribution in [1.82, 2.24) is 15.2 Å². The van der Waals surface area contributed by atoms with Gasteiger partial charge in [-0.3, -0.25) is 9.59 Å². The maximum Gasteiger partial charge on any atom is 0.405 e. The molecule has 3 amide bonds. The molecule has 1 saturated heterocycles. The summed E-state index contributed by atoms with van der Waals surface area (Å²) in [5.74, 6) is 2.03. The lowest BCUT2D eigenvalue weighted by molar-refractivity contribution is -0.133. The number of alkyl halides is 1. The first-order valence-corrected chi connectivity index (χ1v) is 13.5. The first-order valence-electron chi connectivity index (χ1n) is 13.5. The minimum Gasteiger partial charge on any atom is -0.465 e. The molecule has 0 radical (unpaired) electrons. The van der Waals surface area contributed by atoms with Gasteiger partial charge in [-0.1, -0.05) is 0 Å². The summed E-state index contributed by atoms with van der Waals surface area (Å²) in [6.07, 6.45) is 4.83. The summed E-state index contributed by atoms with van der Waals surface area (Å²) in [4.78, 5) is 42.4. The predicted octanol–water partition coefficient (Wildman–Crippen LogP) is 3.82. The van der Waals surface area contributed by atoms with Crippen LogP contribution in [0.4, 0.5) is 14.9 Å². The Kier molecular flexibility index (Phi) is 6.25. The molecule has 3 saturated carbocycles. The minimum absolute atomic E-state index is 0.0175. The minimum atomic E-state index is -1.38. The van der Waals surface area contributed by atoms with Crippen molar-refractivity contribution >= 4 is 34.5 Å². The number of carboxylic acid groups (broad SMARTS) is 1. The van der Waals surface area contributed by atoms with E-state index >= 15 is 0 Å². The van der Waals surface area contributed by atoms with Gasteiger partial charge in [-0.2, -0.15) is 5.26 Å². The molecule has 6 rings (SSSR count). The zero-order valence-corrected chi connectivity index (χ0v) is 21.0. The molecule has 4 N–H and O–H groups in total. The SMILES string of the molecule is N#CC1CC(F)CN1C(=O)C(Cc1c[nH]c2ccc(NC(=O)C3C4CCC5CC3CC5C4)cc12)NC(=O)O. The summed E-state index contributed by atoms with van der Waals surface area (Å²) < 4.78 is 13.9.